The topological polar surface area (TPSA) is 53.3 Å². The molecule has 1 heterocycles. The summed E-state index contributed by atoms with van der Waals surface area (Å²) in [7, 11) is 0. The molecular weight excluding hydrogens is 264 g/mol. The highest BCUT2D eigenvalue weighted by Gasteiger charge is 2.31. The molecule has 4 nitrogen and oxygen atoms in total. The molecule has 0 N–H and O–H groups in total. The summed E-state index contributed by atoms with van der Waals surface area (Å²) in [5, 5.41) is 8.48. The van der Waals surface area contributed by atoms with Gasteiger partial charge in [-0.15, -0.1) is 0 Å². The van der Waals surface area contributed by atoms with Crippen LogP contribution in [0.25, 0.3) is 5.70 Å². The van der Waals surface area contributed by atoms with Crippen molar-refractivity contribution in [2.75, 3.05) is 11.5 Å². The number of anilines is 1. The first-order valence-corrected chi connectivity index (χ1v) is 6.45. The molecule has 0 atom stereocenters. The minimum atomic E-state index is -0.0821. The van der Waals surface area contributed by atoms with Gasteiger partial charge in [0.2, 0.25) is 0 Å². The van der Waals surface area contributed by atoms with Crippen LogP contribution in [-0.4, -0.2) is 12.5 Å². The van der Waals surface area contributed by atoms with Crippen LogP contribution in [0.5, 0.6) is 5.75 Å². The predicted octanol–water partition coefficient (Wildman–Crippen LogP) is 3.22. The third-order valence-corrected chi connectivity index (χ3v) is 3.34. The van der Waals surface area contributed by atoms with E-state index in [1.807, 2.05) is 24.3 Å². The van der Waals surface area contributed by atoms with Gasteiger partial charge in [0.05, 0.1) is 5.70 Å². The molecular formula is C17H12N2O2. The first kappa shape index (κ1) is 12.9. The van der Waals surface area contributed by atoms with Gasteiger partial charge in [-0.25, -0.2) is 0 Å². The Morgan fingerprint density at radius 2 is 1.76 bits per heavy atom. The van der Waals surface area contributed by atoms with Crippen LogP contribution in [0.1, 0.15) is 15.9 Å². The summed E-state index contributed by atoms with van der Waals surface area (Å²) >= 11 is 0. The highest BCUT2D eigenvalue weighted by molar-refractivity contribution is 6.21. The van der Waals surface area contributed by atoms with Crippen LogP contribution in [0, 0.1) is 11.3 Å². The molecule has 0 saturated carbocycles. The quantitative estimate of drug-likeness (QED) is 0.864. The number of hydrogen-bond donors (Lipinski definition) is 0. The van der Waals surface area contributed by atoms with Crippen molar-refractivity contribution >= 4 is 17.3 Å². The van der Waals surface area contributed by atoms with Crippen molar-refractivity contribution in [3.8, 4) is 11.8 Å². The molecule has 0 spiro atoms. The van der Waals surface area contributed by atoms with Crippen molar-refractivity contribution in [3.05, 3.63) is 66.2 Å². The van der Waals surface area contributed by atoms with Crippen LogP contribution in [0.3, 0.4) is 0 Å². The Bertz CT molecular complexity index is 722. The Labute approximate surface area is 122 Å². The first-order chi connectivity index (χ1) is 10.2. The Morgan fingerprint density at radius 1 is 1.10 bits per heavy atom. The van der Waals surface area contributed by atoms with Crippen molar-refractivity contribution in [2.24, 2.45) is 0 Å². The molecule has 0 radical (unpaired) electrons. The van der Waals surface area contributed by atoms with Gasteiger partial charge in [-0.2, -0.15) is 5.26 Å². The van der Waals surface area contributed by atoms with Crippen molar-refractivity contribution in [1.29, 1.82) is 5.26 Å². The zero-order chi connectivity index (χ0) is 14.8. The first-order valence-electron chi connectivity index (χ1n) is 6.45. The number of carbonyl (C=O) groups is 1. The zero-order valence-electron chi connectivity index (χ0n) is 11.2. The fourth-order valence-electron chi connectivity index (χ4n) is 2.36. The maximum Gasteiger partial charge on any atom is 0.263 e. The highest BCUT2D eigenvalue weighted by Crippen LogP contribution is 2.35. The summed E-state index contributed by atoms with van der Waals surface area (Å²) < 4.78 is 5.20. The molecule has 0 fully saturated rings. The monoisotopic (exact) mass is 276 g/mol. The van der Waals surface area contributed by atoms with E-state index in [9.17, 15) is 4.79 Å². The number of ether oxygens (including phenoxy) is 1. The van der Waals surface area contributed by atoms with Gasteiger partial charge in [0.25, 0.3) is 5.91 Å². The molecule has 1 aliphatic heterocycles. The van der Waals surface area contributed by atoms with Crippen LogP contribution in [0.2, 0.25) is 0 Å². The molecule has 4 heteroatoms. The van der Waals surface area contributed by atoms with Crippen molar-refractivity contribution in [2.45, 2.75) is 0 Å². The number of nitriles is 1. The molecule has 21 heavy (non-hydrogen) atoms. The number of benzene rings is 2. The molecule has 0 aliphatic carbocycles. The number of rotatable bonds is 3. The number of amides is 1. The van der Waals surface area contributed by atoms with Crippen LogP contribution < -0.4 is 9.64 Å². The Morgan fingerprint density at radius 3 is 2.38 bits per heavy atom. The molecule has 1 aliphatic rings. The average molecular weight is 276 g/mol. The second-order valence-corrected chi connectivity index (χ2v) is 4.57. The van der Waals surface area contributed by atoms with E-state index in [0.29, 0.717) is 17.0 Å². The Kier molecular flexibility index (Phi) is 3.17. The molecule has 0 unspecified atom stereocenters. The van der Waals surface area contributed by atoms with Crippen LogP contribution >= 0.6 is 0 Å². The largest absolute Gasteiger partial charge is 0.479 e. The maximum atomic E-state index is 12.5. The predicted molar refractivity (Wildman–Crippen MR) is 79.8 cm³/mol. The second-order valence-electron chi connectivity index (χ2n) is 4.57. The number of fused-ring (bicyclic) bond motifs is 1. The maximum absolute atomic E-state index is 12.5. The highest BCUT2D eigenvalue weighted by atomic mass is 16.5. The van der Waals surface area contributed by atoms with Gasteiger partial charge in [0.1, 0.15) is 11.8 Å². The average Bonchev–Trinajstić information content (AvgIpc) is 2.78. The van der Waals surface area contributed by atoms with Crippen molar-refractivity contribution < 1.29 is 9.53 Å². The molecule has 0 bridgehead atoms. The van der Waals surface area contributed by atoms with Crippen LogP contribution in [0.4, 0.5) is 5.69 Å². The van der Waals surface area contributed by atoms with Crippen molar-refractivity contribution in [1.82, 2.24) is 0 Å². The van der Waals surface area contributed by atoms with Crippen LogP contribution in [0.15, 0.2) is 55.1 Å². The zero-order valence-corrected chi connectivity index (χ0v) is 11.2. The Balaban J connectivity index is 1.91. The van der Waals surface area contributed by atoms with Gasteiger partial charge < -0.3 is 4.74 Å². The second kappa shape index (κ2) is 5.14. The molecule has 102 valence electrons. The third kappa shape index (κ3) is 2.15. The molecule has 0 saturated heterocycles. The Hall–Kier alpha value is -3.06. The van der Waals surface area contributed by atoms with E-state index < -0.39 is 0 Å². The van der Waals surface area contributed by atoms with E-state index in [-0.39, 0.29) is 12.5 Å². The van der Waals surface area contributed by atoms with E-state index in [2.05, 4.69) is 6.58 Å². The minimum Gasteiger partial charge on any atom is -0.479 e. The van der Waals surface area contributed by atoms with Gasteiger partial charge in [0, 0.05) is 16.8 Å². The van der Waals surface area contributed by atoms with E-state index in [0.717, 1.165) is 11.3 Å². The summed E-state index contributed by atoms with van der Waals surface area (Å²) in [6.07, 6.45) is 0. The SMILES string of the molecule is C=C1c2ccccc2C(=O)N1c1ccc(OCC#N)cc1. The van der Waals surface area contributed by atoms with Gasteiger partial charge in [0.15, 0.2) is 6.61 Å². The normalized spacial score (nSPS) is 13.0. The summed E-state index contributed by atoms with van der Waals surface area (Å²) in [5.41, 5.74) is 2.91. The van der Waals surface area contributed by atoms with E-state index >= 15 is 0 Å². The summed E-state index contributed by atoms with van der Waals surface area (Å²) in [4.78, 5) is 14.0. The van der Waals surface area contributed by atoms with E-state index in [1.165, 1.54) is 0 Å². The third-order valence-electron chi connectivity index (χ3n) is 3.34. The molecule has 2 aromatic carbocycles. The summed E-state index contributed by atoms with van der Waals surface area (Å²) in [5.74, 6) is 0.511. The number of carbonyl (C=O) groups excluding carboxylic acids is 1. The number of nitrogens with zero attached hydrogens (tertiary/aromatic N) is 2. The lowest BCUT2D eigenvalue weighted by atomic mass is 10.1. The molecule has 1 amide bonds. The van der Waals surface area contributed by atoms with Gasteiger partial charge in [-0.1, -0.05) is 24.8 Å². The van der Waals surface area contributed by atoms with Crippen LogP contribution in [-0.2, 0) is 0 Å². The standard InChI is InChI=1S/C17H12N2O2/c1-12-15-4-2-3-5-16(15)17(20)19(12)13-6-8-14(9-7-13)21-11-10-18/h2-9H,1,11H2. The fourth-order valence-corrected chi connectivity index (χ4v) is 2.36. The summed E-state index contributed by atoms with van der Waals surface area (Å²) in [6, 6.07) is 16.4. The lowest BCUT2D eigenvalue weighted by molar-refractivity contribution is 0.101. The van der Waals surface area contributed by atoms with E-state index in [4.69, 9.17) is 10.00 Å². The molecule has 2 aromatic rings. The molecule has 3 rings (SSSR count). The van der Waals surface area contributed by atoms with Gasteiger partial charge in [-0.05, 0) is 30.3 Å². The van der Waals surface area contributed by atoms with Gasteiger partial charge in [-0.3, -0.25) is 9.69 Å². The smallest absolute Gasteiger partial charge is 0.263 e. The lowest BCUT2D eigenvalue weighted by Gasteiger charge is -2.17. The van der Waals surface area contributed by atoms with Crippen molar-refractivity contribution in [3.63, 3.8) is 0 Å². The lowest BCUT2D eigenvalue weighted by Crippen LogP contribution is -2.21. The fraction of sp³-hybridized carbons (Fsp3) is 0.0588. The number of hydrogen-bond acceptors (Lipinski definition) is 3. The van der Waals surface area contributed by atoms with E-state index in [1.54, 1.807) is 35.2 Å². The summed E-state index contributed by atoms with van der Waals surface area (Å²) in [6.45, 7) is 4.01. The minimum absolute atomic E-state index is 0.000140. The molecule has 0 aromatic heterocycles. The van der Waals surface area contributed by atoms with Gasteiger partial charge >= 0.3 is 0 Å².